The van der Waals surface area contributed by atoms with Crippen molar-refractivity contribution in [2.45, 2.75) is 12.7 Å². The Kier molecular flexibility index (Phi) is 5.55. The van der Waals surface area contributed by atoms with Crippen LogP contribution in [0.25, 0.3) is 21.5 Å². The number of alkyl halides is 3. The van der Waals surface area contributed by atoms with Crippen molar-refractivity contribution in [3.8, 4) is 11.3 Å². The van der Waals surface area contributed by atoms with Crippen molar-refractivity contribution in [2.75, 3.05) is 5.73 Å². The van der Waals surface area contributed by atoms with E-state index in [0.717, 1.165) is 23.0 Å². The number of thiophene rings is 1. The van der Waals surface area contributed by atoms with E-state index in [0.29, 0.717) is 10.6 Å². The van der Waals surface area contributed by atoms with Gasteiger partial charge >= 0.3 is 6.18 Å². The van der Waals surface area contributed by atoms with Gasteiger partial charge in [0, 0.05) is 34.9 Å². The van der Waals surface area contributed by atoms with E-state index in [4.69, 9.17) is 17.3 Å². The molecule has 0 atom stereocenters. The number of carbonyl (C=O) groups is 1. The molecule has 0 bridgehead atoms. The standard InChI is InChI=1S/C21H14ClF3N4OS/c22-13-5-3-12(4-6-13)15-8-14(21(23,24)25)16-17(26)18(31-20(16)29-15)19(30)28-10-11-2-1-7-27-9-11/h1-9H,10,26H2,(H,28,30). The third-order valence-corrected chi connectivity index (χ3v) is 5.88. The lowest BCUT2D eigenvalue weighted by atomic mass is 10.1. The fourth-order valence-electron chi connectivity index (χ4n) is 3.05. The zero-order chi connectivity index (χ0) is 22.2. The van der Waals surface area contributed by atoms with E-state index in [-0.39, 0.29) is 33.0 Å². The van der Waals surface area contributed by atoms with Crippen LogP contribution < -0.4 is 11.1 Å². The Balaban J connectivity index is 1.77. The maximum Gasteiger partial charge on any atom is 0.417 e. The first-order chi connectivity index (χ1) is 14.7. The van der Waals surface area contributed by atoms with Crippen molar-refractivity contribution in [2.24, 2.45) is 0 Å². The number of nitrogens with zero attached hydrogens (tertiary/aromatic N) is 2. The number of amides is 1. The highest BCUT2D eigenvalue weighted by Gasteiger charge is 2.36. The molecule has 0 spiro atoms. The number of pyridine rings is 2. The van der Waals surface area contributed by atoms with Crippen molar-refractivity contribution < 1.29 is 18.0 Å². The maximum absolute atomic E-state index is 13.8. The molecule has 1 amide bonds. The molecule has 10 heteroatoms. The van der Waals surface area contributed by atoms with E-state index in [1.54, 1.807) is 48.8 Å². The summed E-state index contributed by atoms with van der Waals surface area (Å²) in [4.78, 5) is 20.9. The average Bonchev–Trinajstić information content (AvgIpc) is 3.08. The van der Waals surface area contributed by atoms with Gasteiger partial charge < -0.3 is 11.1 Å². The molecule has 3 aromatic heterocycles. The molecule has 1 aromatic carbocycles. The van der Waals surface area contributed by atoms with Crippen LogP contribution in [-0.4, -0.2) is 15.9 Å². The number of hydrogen-bond donors (Lipinski definition) is 2. The number of rotatable bonds is 4. The van der Waals surface area contributed by atoms with Crippen LogP contribution >= 0.6 is 22.9 Å². The molecule has 0 saturated heterocycles. The maximum atomic E-state index is 13.8. The predicted octanol–water partition coefficient (Wildman–Crippen LogP) is 5.54. The highest BCUT2D eigenvalue weighted by molar-refractivity contribution is 7.21. The van der Waals surface area contributed by atoms with Crippen LogP contribution in [0.4, 0.5) is 18.9 Å². The summed E-state index contributed by atoms with van der Waals surface area (Å²) in [5.41, 5.74) is 6.13. The first-order valence-corrected chi connectivity index (χ1v) is 10.2. The summed E-state index contributed by atoms with van der Waals surface area (Å²) in [7, 11) is 0. The minimum atomic E-state index is -4.68. The highest BCUT2D eigenvalue weighted by atomic mass is 35.5. The molecule has 0 fully saturated rings. The van der Waals surface area contributed by atoms with Crippen LogP contribution in [0.15, 0.2) is 54.9 Å². The number of fused-ring (bicyclic) bond motifs is 1. The number of aromatic nitrogens is 2. The topological polar surface area (TPSA) is 80.9 Å². The molecule has 0 aliphatic heterocycles. The normalized spacial score (nSPS) is 11.6. The number of carbonyl (C=O) groups excluding carboxylic acids is 1. The molecule has 0 radical (unpaired) electrons. The summed E-state index contributed by atoms with van der Waals surface area (Å²) < 4.78 is 41.5. The van der Waals surface area contributed by atoms with E-state index in [9.17, 15) is 18.0 Å². The molecule has 0 saturated carbocycles. The largest absolute Gasteiger partial charge is 0.417 e. The molecule has 158 valence electrons. The summed E-state index contributed by atoms with van der Waals surface area (Å²) in [6.45, 7) is 0.163. The Morgan fingerprint density at radius 3 is 2.58 bits per heavy atom. The minimum absolute atomic E-state index is 0.0230. The highest BCUT2D eigenvalue weighted by Crippen LogP contribution is 2.43. The van der Waals surface area contributed by atoms with Gasteiger partial charge in [-0.2, -0.15) is 13.2 Å². The summed E-state index contributed by atoms with van der Waals surface area (Å²) in [5.74, 6) is -0.578. The molecule has 3 N–H and O–H groups in total. The zero-order valence-corrected chi connectivity index (χ0v) is 17.3. The average molecular weight is 463 g/mol. The summed E-state index contributed by atoms with van der Waals surface area (Å²) in [5, 5.41) is 2.83. The molecule has 4 rings (SSSR count). The molecular formula is C21H14ClF3N4OS. The zero-order valence-electron chi connectivity index (χ0n) is 15.7. The van der Waals surface area contributed by atoms with Crippen LogP contribution in [0.2, 0.25) is 5.02 Å². The smallest absolute Gasteiger partial charge is 0.397 e. The minimum Gasteiger partial charge on any atom is -0.397 e. The second-order valence-corrected chi connectivity index (χ2v) is 8.06. The molecular weight excluding hydrogens is 449 g/mol. The number of halogens is 4. The summed E-state index contributed by atoms with van der Waals surface area (Å²) in [6, 6.07) is 10.7. The van der Waals surface area contributed by atoms with Gasteiger partial charge in [-0.05, 0) is 29.8 Å². The lowest BCUT2D eigenvalue weighted by molar-refractivity contribution is -0.136. The Bertz CT molecular complexity index is 1260. The first-order valence-electron chi connectivity index (χ1n) is 8.97. The lowest BCUT2D eigenvalue weighted by Gasteiger charge is -2.11. The van der Waals surface area contributed by atoms with Crippen molar-refractivity contribution >= 4 is 44.7 Å². The fraction of sp³-hybridized carbons (Fsp3) is 0.0952. The van der Waals surface area contributed by atoms with Crippen LogP contribution in [0.3, 0.4) is 0 Å². The van der Waals surface area contributed by atoms with Crippen molar-refractivity contribution in [3.05, 3.63) is 75.9 Å². The Hall–Kier alpha value is -3.17. The number of anilines is 1. The number of hydrogen-bond acceptors (Lipinski definition) is 5. The van der Waals surface area contributed by atoms with Gasteiger partial charge in [0.15, 0.2) is 0 Å². The summed E-state index contributed by atoms with van der Waals surface area (Å²) in [6.07, 6.45) is -1.50. The SMILES string of the molecule is Nc1c(C(=O)NCc2cccnc2)sc2nc(-c3ccc(Cl)cc3)cc(C(F)(F)F)c12. The Morgan fingerprint density at radius 1 is 1.19 bits per heavy atom. The van der Waals surface area contributed by atoms with Gasteiger partial charge in [0.2, 0.25) is 0 Å². The molecule has 0 aliphatic carbocycles. The van der Waals surface area contributed by atoms with Gasteiger partial charge in [-0.15, -0.1) is 11.3 Å². The molecule has 4 aromatic rings. The van der Waals surface area contributed by atoms with Gasteiger partial charge in [0.25, 0.3) is 5.91 Å². The van der Waals surface area contributed by atoms with Crippen molar-refractivity contribution in [3.63, 3.8) is 0 Å². The number of nitrogen functional groups attached to an aromatic ring is 1. The Morgan fingerprint density at radius 2 is 1.94 bits per heavy atom. The lowest BCUT2D eigenvalue weighted by Crippen LogP contribution is -2.22. The van der Waals surface area contributed by atoms with Crippen LogP contribution in [-0.2, 0) is 12.7 Å². The molecule has 5 nitrogen and oxygen atoms in total. The van der Waals surface area contributed by atoms with Crippen LogP contribution in [0.5, 0.6) is 0 Å². The van der Waals surface area contributed by atoms with Crippen LogP contribution in [0.1, 0.15) is 20.8 Å². The third-order valence-electron chi connectivity index (χ3n) is 4.53. The number of nitrogens with two attached hydrogens (primary N) is 1. The molecule has 0 unspecified atom stereocenters. The number of benzene rings is 1. The van der Waals surface area contributed by atoms with Gasteiger partial charge in [-0.1, -0.05) is 29.8 Å². The van der Waals surface area contributed by atoms with Crippen molar-refractivity contribution in [1.29, 1.82) is 0 Å². The van der Waals surface area contributed by atoms with Gasteiger partial charge in [0.05, 0.1) is 16.9 Å². The van der Waals surface area contributed by atoms with Gasteiger partial charge in [-0.25, -0.2) is 4.98 Å². The predicted molar refractivity (Wildman–Crippen MR) is 115 cm³/mol. The quantitative estimate of drug-likeness (QED) is 0.417. The fourth-order valence-corrected chi connectivity index (χ4v) is 4.21. The van der Waals surface area contributed by atoms with Crippen molar-refractivity contribution in [1.82, 2.24) is 15.3 Å². The molecule has 3 heterocycles. The van der Waals surface area contributed by atoms with E-state index < -0.39 is 17.6 Å². The third kappa shape index (κ3) is 4.33. The molecule has 0 aliphatic rings. The second kappa shape index (κ2) is 8.16. The van der Waals surface area contributed by atoms with E-state index >= 15 is 0 Å². The second-order valence-electron chi connectivity index (χ2n) is 6.63. The van der Waals surface area contributed by atoms with E-state index in [1.807, 2.05) is 0 Å². The summed E-state index contributed by atoms with van der Waals surface area (Å²) >= 11 is 6.69. The van der Waals surface area contributed by atoms with E-state index in [1.165, 1.54) is 0 Å². The van der Waals surface area contributed by atoms with E-state index in [2.05, 4.69) is 15.3 Å². The number of nitrogens with one attached hydrogen (secondary N) is 1. The molecule has 31 heavy (non-hydrogen) atoms. The first kappa shape index (κ1) is 21.1. The Labute approximate surface area is 183 Å². The van der Waals surface area contributed by atoms with Gasteiger partial charge in [0.1, 0.15) is 9.71 Å². The van der Waals surface area contributed by atoms with Gasteiger partial charge in [-0.3, -0.25) is 9.78 Å². The van der Waals surface area contributed by atoms with Crippen LogP contribution in [0, 0.1) is 0 Å². The monoisotopic (exact) mass is 462 g/mol.